The molecular formula is C16H22N4OS. The summed E-state index contributed by atoms with van der Waals surface area (Å²) in [5.74, 6) is 1.18. The summed E-state index contributed by atoms with van der Waals surface area (Å²) in [7, 11) is 0. The summed E-state index contributed by atoms with van der Waals surface area (Å²) in [6, 6.07) is 4.20. The van der Waals surface area contributed by atoms with E-state index < -0.39 is 0 Å². The maximum Gasteiger partial charge on any atom is 0.242 e. The topological polar surface area (TPSA) is 73.1 Å². The molecule has 3 N–H and O–H groups in total. The molecule has 2 heterocycles. The molecule has 0 bridgehead atoms. The Labute approximate surface area is 134 Å². The van der Waals surface area contributed by atoms with Crippen LogP contribution in [0.25, 0.3) is 0 Å². The van der Waals surface area contributed by atoms with E-state index in [0.717, 1.165) is 25.8 Å². The third kappa shape index (κ3) is 3.88. The first-order chi connectivity index (χ1) is 10.8. The molecule has 22 heavy (non-hydrogen) atoms. The van der Waals surface area contributed by atoms with Gasteiger partial charge in [-0.05, 0) is 43.6 Å². The van der Waals surface area contributed by atoms with E-state index in [1.165, 1.54) is 30.5 Å². The van der Waals surface area contributed by atoms with Crippen LogP contribution < -0.4 is 15.8 Å². The van der Waals surface area contributed by atoms with Crippen LogP contribution >= 0.6 is 11.3 Å². The highest BCUT2D eigenvalue weighted by Gasteiger charge is 2.18. The van der Waals surface area contributed by atoms with Gasteiger partial charge in [0.1, 0.15) is 18.1 Å². The van der Waals surface area contributed by atoms with Crippen LogP contribution in [0.3, 0.4) is 0 Å². The van der Waals surface area contributed by atoms with Gasteiger partial charge in [0.25, 0.3) is 0 Å². The van der Waals surface area contributed by atoms with Crippen LogP contribution in [-0.2, 0) is 6.42 Å². The SMILES string of the molecule is Nc1c(NCCc2cccs2)ncnc1OC1CCCCC1. The molecule has 0 radical (unpaired) electrons. The lowest BCUT2D eigenvalue weighted by Crippen LogP contribution is -2.21. The molecule has 0 spiro atoms. The lowest BCUT2D eigenvalue weighted by Gasteiger charge is -2.23. The van der Waals surface area contributed by atoms with Gasteiger partial charge in [0.15, 0.2) is 5.82 Å². The summed E-state index contributed by atoms with van der Waals surface area (Å²) >= 11 is 1.76. The number of rotatable bonds is 6. The largest absolute Gasteiger partial charge is 0.473 e. The third-order valence-electron chi connectivity index (χ3n) is 3.92. The number of nitrogen functional groups attached to an aromatic ring is 1. The second kappa shape index (κ2) is 7.45. The first-order valence-corrected chi connectivity index (χ1v) is 8.74. The van der Waals surface area contributed by atoms with Crippen LogP contribution in [0.2, 0.25) is 0 Å². The molecule has 0 aromatic carbocycles. The number of anilines is 2. The number of nitrogens with two attached hydrogens (primary N) is 1. The van der Waals surface area contributed by atoms with Crippen molar-refractivity contribution in [3.8, 4) is 5.88 Å². The third-order valence-corrected chi connectivity index (χ3v) is 4.86. The van der Waals surface area contributed by atoms with Gasteiger partial charge < -0.3 is 15.8 Å². The van der Waals surface area contributed by atoms with Crippen molar-refractivity contribution in [2.45, 2.75) is 44.6 Å². The number of ether oxygens (including phenoxy) is 1. The van der Waals surface area contributed by atoms with Gasteiger partial charge in [0.2, 0.25) is 5.88 Å². The van der Waals surface area contributed by atoms with E-state index in [9.17, 15) is 0 Å². The van der Waals surface area contributed by atoms with Gasteiger partial charge in [-0.1, -0.05) is 12.5 Å². The molecule has 5 nitrogen and oxygen atoms in total. The average molecular weight is 318 g/mol. The molecule has 0 saturated heterocycles. The van der Waals surface area contributed by atoms with Crippen LogP contribution in [-0.4, -0.2) is 22.6 Å². The number of hydrogen-bond donors (Lipinski definition) is 2. The van der Waals surface area contributed by atoms with Crippen LogP contribution in [0.5, 0.6) is 5.88 Å². The van der Waals surface area contributed by atoms with Crippen molar-refractivity contribution in [2.75, 3.05) is 17.6 Å². The summed E-state index contributed by atoms with van der Waals surface area (Å²) in [5.41, 5.74) is 6.66. The van der Waals surface area contributed by atoms with E-state index in [1.807, 2.05) is 0 Å². The predicted octanol–water partition coefficient (Wildman–Crippen LogP) is 3.49. The van der Waals surface area contributed by atoms with Crippen molar-refractivity contribution < 1.29 is 4.74 Å². The Bertz CT molecular complexity index is 582. The quantitative estimate of drug-likeness (QED) is 0.853. The van der Waals surface area contributed by atoms with Crippen LogP contribution in [0, 0.1) is 0 Å². The van der Waals surface area contributed by atoms with Gasteiger partial charge in [-0.2, -0.15) is 4.98 Å². The monoisotopic (exact) mass is 318 g/mol. The van der Waals surface area contributed by atoms with Gasteiger partial charge in [-0.3, -0.25) is 0 Å². The molecule has 0 aliphatic heterocycles. The van der Waals surface area contributed by atoms with Crippen molar-refractivity contribution in [3.05, 3.63) is 28.7 Å². The fourth-order valence-electron chi connectivity index (χ4n) is 2.71. The summed E-state index contributed by atoms with van der Waals surface area (Å²) in [5, 5.41) is 5.37. The number of hydrogen-bond acceptors (Lipinski definition) is 6. The smallest absolute Gasteiger partial charge is 0.242 e. The summed E-state index contributed by atoms with van der Waals surface area (Å²) in [4.78, 5) is 9.77. The van der Waals surface area contributed by atoms with Gasteiger partial charge in [0.05, 0.1) is 0 Å². The Morgan fingerprint density at radius 2 is 2.14 bits per heavy atom. The molecule has 0 atom stereocenters. The van der Waals surface area contributed by atoms with Gasteiger partial charge >= 0.3 is 0 Å². The van der Waals surface area contributed by atoms with E-state index in [0.29, 0.717) is 17.4 Å². The normalized spacial score (nSPS) is 15.6. The maximum atomic E-state index is 6.15. The second-order valence-corrected chi connectivity index (χ2v) is 6.61. The Morgan fingerprint density at radius 1 is 1.27 bits per heavy atom. The van der Waals surface area contributed by atoms with Crippen molar-refractivity contribution in [3.63, 3.8) is 0 Å². The number of thiophene rings is 1. The fraction of sp³-hybridized carbons (Fsp3) is 0.500. The maximum absolute atomic E-state index is 6.15. The van der Waals surface area contributed by atoms with Gasteiger partial charge in [0, 0.05) is 11.4 Å². The number of nitrogens with one attached hydrogen (secondary N) is 1. The first kappa shape index (κ1) is 15.1. The molecule has 6 heteroatoms. The van der Waals surface area contributed by atoms with Crippen molar-refractivity contribution in [2.24, 2.45) is 0 Å². The lowest BCUT2D eigenvalue weighted by atomic mass is 9.98. The molecular weight excluding hydrogens is 296 g/mol. The van der Waals surface area contributed by atoms with Gasteiger partial charge in [-0.15, -0.1) is 11.3 Å². The number of nitrogens with zero attached hydrogens (tertiary/aromatic N) is 2. The van der Waals surface area contributed by atoms with E-state index in [2.05, 4.69) is 32.8 Å². The molecule has 0 unspecified atom stereocenters. The Kier molecular flexibility index (Phi) is 5.11. The molecule has 118 valence electrons. The van der Waals surface area contributed by atoms with E-state index >= 15 is 0 Å². The molecule has 1 fully saturated rings. The standard InChI is InChI=1S/C16H22N4OS/c17-14-15(18-9-8-13-7-4-10-22-13)19-11-20-16(14)21-12-5-2-1-3-6-12/h4,7,10-12H,1-3,5-6,8-9,17H2,(H,18,19,20). The lowest BCUT2D eigenvalue weighted by molar-refractivity contribution is 0.149. The van der Waals surface area contributed by atoms with Crippen molar-refractivity contribution in [1.82, 2.24) is 9.97 Å². The van der Waals surface area contributed by atoms with Crippen molar-refractivity contribution in [1.29, 1.82) is 0 Å². The minimum absolute atomic E-state index is 0.241. The molecule has 0 amide bonds. The highest BCUT2D eigenvalue weighted by molar-refractivity contribution is 7.09. The highest BCUT2D eigenvalue weighted by Crippen LogP contribution is 2.29. The summed E-state index contributed by atoms with van der Waals surface area (Å²) in [6.45, 7) is 0.796. The minimum Gasteiger partial charge on any atom is -0.473 e. The second-order valence-electron chi connectivity index (χ2n) is 5.58. The van der Waals surface area contributed by atoms with Crippen LogP contribution in [0.1, 0.15) is 37.0 Å². The minimum atomic E-state index is 0.241. The van der Waals surface area contributed by atoms with Crippen molar-refractivity contribution >= 4 is 22.8 Å². The molecule has 3 rings (SSSR count). The zero-order valence-electron chi connectivity index (χ0n) is 12.6. The first-order valence-electron chi connectivity index (χ1n) is 7.86. The summed E-state index contributed by atoms with van der Waals surface area (Å²) < 4.78 is 5.96. The number of aromatic nitrogens is 2. The van der Waals surface area contributed by atoms with Gasteiger partial charge in [-0.25, -0.2) is 4.98 Å². The zero-order valence-corrected chi connectivity index (χ0v) is 13.4. The van der Waals surface area contributed by atoms with Crippen LogP contribution in [0.15, 0.2) is 23.8 Å². The predicted molar refractivity (Wildman–Crippen MR) is 90.5 cm³/mol. The Balaban J connectivity index is 1.58. The summed E-state index contributed by atoms with van der Waals surface area (Å²) in [6.07, 6.45) is 8.64. The molecule has 2 aromatic rings. The molecule has 1 aliphatic rings. The zero-order chi connectivity index (χ0) is 15.2. The van der Waals surface area contributed by atoms with Crippen LogP contribution in [0.4, 0.5) is 11.5 Å². The van der Waals surface area contributed by atoms with E-state index in [1.54, 1.807) is 11.3 Å². The molecule has 2 aromatic heterocycles. The fourth-order valence-corrected chi connectivity index (χ4v) is 3.42. The van der Waals surface area contributed by atoms with E-state index in [4.69, 9.17) is 10.5 Å². The van der Waals surface area contributed by atoms with E-state index in [-0.39, 0.29) is 6.10 Å². The molecule has 1 aliphatic carbocycles. The molecule has 1 saturated carbocycles. The average Bonchev–Trinajstić information content (AvgIpc) is 3.05. The Morgan fingerprint density at radius 3 is 2.91 bits per heavy atom. The Hall–Kier alpha value is -1.82. The highest BCUT2D eigenvalue weighted by atomic mass is 32.1.